The lowest BCUT2D eigenvalue weighted by Gasteiger charge is -2.21. The van der Waals surface area contributed by atoms with Crippen LogP contribution in [0.3, 0.4) is 0 Å². The summed E-state index contributed by atoms with van der Waals surface area (Å²) < 4.78 is 0. The van der Waals surface area contributed by atoms with Crippen molar-refractivity contribution in [3.05, 3.63) is 40.6 Å². The van der Waals surface area contributed by atoms with E-state index in [1.807, 2.05) is 0 Å². The standard InChI is InChI=1S/C20H30N2/c1-7-8-9-21-13-16-12-18(20(4,5)6)22-17-11-14(2)10-15(3)19(16)17/h10-12,21H,7-9,13H2,1-6H3. The first-order chi connectivity index (χ1) is 10.3. The van der Waals surface area contributed by atoms with Crippen LogP contribution in [0.4, 0.5) is 0 Å². The molecule has 0 aliphatic rings. The number of unbranched alkanes of at least 4 members (excludes halogenated alkanes) is 1. The van der Waals surface area contributed by atoms with Gasteiger partial charge >= 0.3 is 0 Å². The van der Waals surface area contributed by atoms with E-state index >= 15 is 0 Å². The largest absolute Gasteiger partial charge is 0.313 e. The number of benzene rings is 1. The molecule has 1 heterocycles. The van der Waals surface area contributed by atoms with Gasteiger partial charge in [0.15, 0.2) is 0 Å². The molecule has 0 fully saturated rings. The van der Waals surface area contributed by atoms with Gasteiger partial charge in [-0.2, -0.15) is 0 Å². The van der Waals surface area contributed by atoms with Crippen molar-refractivity contribution in [2.24, 2.45) is 0 Å². The summed E-state index contributed by atoms with van der Waals surface area (Å²) in [6.45, 7) is 15.3. The van der Waals surface area contributed by atoms with Crippen LogP contribution >= 0.6 is 0 Å². The highest BCUT2D eigenvalue weighted by Crippen LogP contribution is 2.29. The van der Waals surface area contributed by atoms with Gasteiger partial charge in [-0.15, -0.1) is 0 Å². The van der Waals surface area contributed by atoms with Gasteiger partial charge in [0.1, 0.15) is 0 Å². The molecular formula is C20H30N2. The fourth-order valence-electron chi connectivity index (χ4n) is 2.90. The lowest BCUT2D eigenvalue weighted by molar-refractivity contribution is 0.569. The molecule has 1 aromatic heterocycles. The third kappa shape index (κ3) is 3.86. The summed E-state index contributed by atoms with van der Waals surface area (Å²) in [6, 6.07) is 6.77. The highest BCUT2D eigenvalue weighted by atomic mass is 14.8. The van der Waals surface area contributed by atoms with Gasteiger partial charge in [-0.25, -0.2) is 0 Å². The molecule has 1 N–H and O–H groups in total. The van der Waals surface area contributed by atoms with E-state index in [4.69, 9.17) is 4.98 Å². The Kier molecular flexibility index (Phi) is 5.23. The van der Waals surface area contributed by atoms with Gasteiger partial charge in [0, 0.05) is 23.0 Å². The van der Waals surface area contributed by atoms with Gasteiger partial charge in [-0.1, -0.05) is 40.2 Å². The maximum atomic E-state index is 4.95. The van der Waals surface area contributed by atoms with Crippen molar-refractivity contribution in [1.29, 1.82) is 0 Å². The number of aromatic nitrogens is 1. The number of nitrogens with one attached hydrogen (secondary N) is 1. The maximum Gasteiger partial charge on any atom is 0.0714 e. The van der Waals surface area contributed by atoms with E-state index in [1.165, 1.54) is 40.6 Å². The normalized spacial score (nSPS) is 12.1. The smallest absolute Gasteiger partial charge is 0.0714 e. The lowest BCUT2D eigenvalue weighted by atomic mass is 9.89. The van der Waals surface area contributed by atoms with E-state index in [-0.39, 0.29) is 5.41 Å². The Hall–Kier alpha value is -1.41. The summed E-state index contributed by atoms with van der Waals surface area (Å²) >= 11 is 0. The van der Waals surface area contributed by atoms with E-state index in [0.717, 1.165) is 18.6 Å². The van der Waals surface area contributed by atoms with E-state index in [1.54, 1.807) is 0 Å². The van der Waals surface area contributed by atoms with Crippen molar-refractivity contribution < 1.29 is 0 Å². The molecule has 0 amide bonds. The highest BCUT2D eigenvalue weighted by Gasteiger charge is 2.18. The highest BCUT2D eigenvalue weighted by molar-refractivity contribution is 5.86. The predicted octanol–water partition coefficient (Wildman–Crippen LogP) is 5.04. The molecule has 0 atom stereocenters. The summed E-state index contributed by atoms with van der Waals surface area (Å²) in [5.41, 5.74) is 6.38. The second-order valence-corrected chi connectivity index (χ2v) is 7.42. The van der Waals surface area contributed by atoms with Crippen LogP contribution in [-0.2, 0) is 12.0 Å². The average Bonchev–Trinajstić information content (AvgIpc) is 2.41. The zero-order chi connectivity index (χ0) is 16.3. The van der Waals surface area contributed by atoms with E-state index in [2.05, 4.69) is 65.1 Å². The first-order valence-corrected chi connectivity index (χ1v) is 8.45. The number of pyridine rings is 1. The fraction of sp³-hybridized carbons (Fsp3) is 0.550. The van der Waals surface area contributed by atoms with Crippen LogP contribution < -0.4 is 5.32 Å². The van der Waals surface area contributed by atoms with E-state index in [9.17, 15) is 0 Å². The van der Waals surface area contributed by atoms with Crippen LogP contribution in [0.1, 0.15) is 62.9 Å². The quantitative estimate of drug-likeness (QED) is 0.782. The van der Waals surface area contributed by atoms with Crippen molar-refractivity contribution in [3.63, 3.8) is 0 Å². The van der Waals surface area contributed by atoms with Crippen molar-refractivity contribution in [1.82, 2.24) is 10.3 Å². The second-order valence-electron chi connectivity index (χ2n) is 7.42. The molecule has 2 nitrogen and oxygen atoms in total. The van der Waals surface area contributed by atoms with Crippen LogP contribution in [0.25, 0.3) is 10.9 Å². The molecule has 2 heteroatoms. The minimum atomic E-state index is 0.0734. The topological polar surface area (TPSA) is 24.9 Å². The Labute approximate surface area is 135 Å². The van der Waals surface area contributed by atoms with Gasteiger partial charge in [0.05, 0.1) is 5.52 Å². The molecule has 0 aliphatic carbocycles. The molecular weight excluding hydrogens is 268 g/mol. The fourth-order valence-corrected chi connectivity index (χ4v) is 2.90. The predicted molar refractivity (Wildman–Crippen MR) is 96.5 cm³/mol. The van der Waals surface area contributed by atoms with Gasteiger partial charge in [0.25, 0.3) is 0 Å². The van der Waals surface area contributed by atoms with Crippen molar-refractivity contribution >= 4 is 10.9 Å². The van der Waals surface area contributed by atoms with Crippen LogP contribution in [0.5, 0.6) is 0 Å². The average molecular weight is 298 g/mol. The molecule has 0 saturated heterocycles. The van der Waals surface area contributed by atoms with Crippen LogP contribution in [-0.4, -0.2) is 11.5 Å². The molecule has 2 rings (SSSR count). The van der Waals surface area contributed by atoms with Crippen LogP contribution in [0.2, 0.25) is 0 Å². The van der Waals surface area contributed by atoms with Crippen molar-refractivity contribution in [3.8, 4) is 0 Å². The minimum Gasteiger partial charge on any atom is -0.313 e. The molecule has 0 spiro atoms. The number of rotatable bonds is 5. The zero-order valence-corrected chi connectivity index (χ0v) is 15.0. The molecule has 2 aromatic rings. The monoisotopic (exact) mass is 298 g/mol. The number of nitrogens with zero attached hydrogens (tertiary/aromatic N) is 1. The zero-order valence-electron chi connectivity index (χ0n) is 15.0. The Morgan fingerprint density at radius 1 is 1.09 bits per heavy atom. The Balaban J connectivity index is 2.50. The van der Waals surface area contributed by atoms with Gasteiger partial charge < -0.3 is 5.32 Å². The summed E-state index contributed by atoms with van der Waals surface area (Å²) in [6.07, 6.45) is 2.46. The van der Waals surface area contributed by atoms with E-state index < -0.39 is 0 Å². The Morgan fingerprint density at radius 3 is 2.45 bits per heavy atom. The second kappa shape index (κ2) is 6.78. The summed E-state index contributed by atoms with van der Waals surface area (Å²) in [7, 11) is 0. The summed E-state index contributed by atoms with van der Waals surface area (Å²) in [5, 5.41) is 4.91. The maximum absolute atomic E-state index is 4.95. The first kappa shape index (κ1) is 17.0. The SMILES string of the molecule is CCCCNCc1cc(C(C)(C)C)nc2cc(C)cc(C)c12. The molecule has 1 aromatic carbocycles. The summed E-state index contributed by atoms with van der Waals surface area (Å²) in [4.78, 5) is 4.95. The summed E-state index contributed by atoms with van der Waals surface area (Å²) in [5.74, 6) is 0. The van der Waals surface area contributed by atoms with Crippen LogP contribution in [0, 0.1) is 13.8 Å². The minimum absolute atomic E-state index is 0.0734. The number of hydrogen-bond donors (Lipinski definition) is 1. The Bertz CT molecular complexity index is 651. The molecule has 0 saturated carbocycles. The van der Waals surface area contributed by atoms with Gasteiger partial charge in [0.2, 0.25) is 0 Å². The third-order valence-corrected chi connectivity index (χ3v) is 4.12. The van der Waals surface area contributed by atoms with Gasteiger partial charge in [-0.05, 0) is 55.6 Å². The number of fused-ring (bicyclic) bond motifs is 1. The first-order valence-electron chi connectivity index (χ1n) is 8.45. The van der Waals surface area contributed by atoms with Crippen molar-refractivity contribution in [2.75, 3.05) is 6.54 Å². The molecule has 0 aliphatic heterocycles. The molecule has 0 bridgehead atoms. The van der Waals surface area contributed by atoms with E-state index in [0.29, 0.717) is 0 Å². The Morgan fingerprint density at radius 2 is 1.82 bits per heavy atom. The third-order valence-electron chi connectivity index (χ3n) is 4.12. The van der Waals surface area contributed by atoms with Gasteiger partial charge in [-0.3, -0.25) is 4.98 Å². The van der Waals surface area contributed by atoms with Crippen molar-refractivity contribution in [2.45, 2.75) is 66.3 Å². The molecule has 22 heavy (non-hydrogen) atoms. The lowest BCUT2D eigenvalue weighted by Crippen LogP contribution is -2.18. The molecule has 120 valence electrons. The number of aryl methyl sites for hydroxylation is 2. The molecule has 0 unspecified atom stereocenters. The van der Waals surface area contributed by atoms with Crippen LogP contribution in [0.15, 0.2) is 18.2 Å². The molecule has 0 radical (unpaired) electrons. The number of hydrogen-bond acceptors (Lipinski definition) is 2.